The lowest BCUT2D eigenvalue weighted by Crippen LogP contribution is -2.42. The fourth-order valence-electron chi connectivity index (χ4n) is 3.76. The molecule has 0 unspecified atom stereocenters. The van der Waals surface area contributed by atoms with Gasteiger partial charge in [0.1, 0.15) is 11.5 Å². The molecule has 0 saturated carbocycles. The van der Waals surface area contributed by atoms with Crippen molar-refractivity contribution in [3.63, 3.8) is 0 Å². The number of benzene rings is 1. The molecular formula is C23H28F3N3O5. The summed E-state index contributed by atoms with van der Waals surface area (Å²) < 4.78 is 52.1. The Morgan fingerprint density at radius 2 is 1.88 bits per heavy atom. The summed E-state index contributed by atoms with van der Waals surface area (Å²) in [6, 6.07) is 5.29. The van der Waals surface area contributed by atoms with Gasteiger partial charge in [-0.25, -0.2) is 0 Å². The van der Waals surface area contributed by atoms with Crippen molar-refractivity contribution in [3.8, 4) is 5.75 Å². The van der Waals surface area contributed by atoms with Crippen LogP contribution >= 0.6 is 0 Å². The van der Waals surface area contributed by atoms with Crippen LogP contribution in [0.1, 0.15) is 36.4 Å². The van der Waals surface area contributed by atoms with Gasteiger partial charge in [0.05, 0.1) is 31.4 Å². The third kappa shape index (κ3) is 6.72. The zero-order valence-electron chi connectivity index (χ0n) is 19.5. The van der Waals surface area contributed by atoms with Gasteiger partial charge in [0.15, 0.2) is 0 Å². The number of aryl methyl sites for hydroxylation is 2. The second kappa shape index (κ2) is 10.5. The topological polar surface area (TPSA) is 85.1 Å². The fourth-order valence-corrected chi connectivity index (χ4v) is 3.76. The SMILES string of the molecule is Cc1noc(C)c1CC(=O)N1CC(=O)N(C(C)C)C[C@H](OCc2ccc(OC(F)(F)F)cc2)C1. The molecule has 2 heterocycles. The van der Waals surface area contributed by atoms with Crippen LogP contribution in [0.5, 0.6) is 5.75 Å². The summed E-state index contributed by atoms with van der Waals surface area (Å²) >= 11 is 0. The van der Waals surface area contributed by atoms with E-state index >= 15 is 0 Å². The Morgan fingerprint density at radius 1 is 1.21 bits per heavy atom. The number of rotatable bonds is 7. The zero-order chi connectivity index (χ0) is 25.0. The number of hydrogen-bond donors (Lipinski definition) is 0. The third-order valence-corrected chi connectivity index (χ3v) is 5.60. The molecule has 2 aromatic rings. The number of halogens is 3. The summed E-state index contributed by atoms with van der Waals surface area (Å²) in [6.45, 7) is 7.78. The van der Waals surface area contributed by atoms with Crippen LogP contribution in [0.15, 0.2) is 28.8 Å². The molecule has 3 rings (SSSR count). The predicted octanol–water partition coefficient (Wildman–Crippen LogP) is 3.40. The molecule has 11 heteroatoms. The van der Waals surface area contributed by atoms with E-state index in [9.17, 15) is 22.8 Å². The molecule has 1 aliphatic rings. The predicted molar refractivity (Wildman–Crippen MR) is 115 cm³/mol. The van der Waals surface area contributed by atoms with E-state index in [2.05, 4.69) is 9.89 Å². The Hall–Kier alpha value is -3.08. The second-order valence-electron chi connectivity index (χ2n) is 8.52. The lowest BCUT2D eigenvalue weighted by Gasteiger charge is -2.27. The van der Waals surface area contributed by atoms with E-state index in [4.69, 9.17) is 9.26 Å². The molecule has 0 spiro atoms. The van der Waals surface area contributed by atoms with Crippen LogP contribution in [0, 0.1) is 13.8 Å². The fraction of sp³-hybridized carbons (Fsp3) is 0.522. The lowest BCUT2D eigenvalue weighted by atomic mass is 10.1. The Morgan fingerprint density at radius 3 is 2.44 bits per heavy atom. The number of nitrogens with zero attached hydrogens (tertiary/aromatic N) is 3. The molecule has 1 fully saturated rings. The summed E-state index contributed by atoms with van der Waals surface area (Å²) in [4.78, 5) is 29.0. The van der Waals surface area contributed by atoms with Crippen LogP contribution in [-0.4, -0.2) is 64.9 Å². The molecule has 1 atom stereocenters. The highest BCUT2D eigenvalue weighted by Gasteiger charge is 2.33. The summed E-state index contributed by atoms with van der Waals surface area (Å²) in [5.74, 6) is -0.183. The smallest absolute Gasteiger partial charge is 0.406 e. The molecule has 186 valence electrons. The minimum absolute atomic E-state index is 0.0590. The normalized spacial score (nSPS) is 17.3. The minimum atomic E-state index is -4.76. The maximum absolute atomic E-state index is 13.0. The van der Waals surface area contributed by atoms with Gasteiger partial charge in [-0.05, 0) is 45.4 Å². The van der Waals surface area contributed by atoms with Crippen LogP contribution in [0.3, 0.4) is 0 Å². The second-order valence-corrected chi connectivity index (χ2v) is 8.52. The monoisotopic (exact) mass is 483 g/mol. The molecule has 8 nitrogen and oxygen atoms in total. The minimum Gasteiger partial charge on any atom is -0.406 e. The number of amides is 2. The van der Waals surface area contributed by atoms with Gasteiger partial charge in [0, 0.05) is 24.7 Å². The maximum atomic E-state index is 13.0. The molecule has 2 amide bonds. The van der Waals surface area contributed by atoms with Crippen molar-refractivity contribution >= 4 is 11.8 Å². The van der Waals surface area contributed by atoms with Gasteiger partial charge < -0.3 is 23.8 Å². The van der Waals surface area contributed by atoms with Crippen LogP contribution in [-0.2, 0) is 27.4 Å². The average Bonchev–Trinajstić information content (AvgIpc) is 2.95. The molecule has 0 radical (unpaired) electrons. The molecular weight excluding hydrogens is 455 g/mol. The highest BCUT2D eigenvalue weighted by Crippen LogP contribution is 2.23. The Kier molecular flexibility index (Phi) is 7.86. The first kappa shape index (κ1) is 25.5. The van der Waals surface area contributed by atoms with Crippen molar-refractivity contribution in [2.75, 3.05) is 19.6 Å². The van der Waals surface area contributed by atoms with Gasteiger partial charge in [-0.15, -0.1) is 13.2 Å². The molecule has 1 saturated heterocycles. The number of aromatic nitrogens is 1. The van der Waals surface area contributed by atoms with Gasteiger partial charge >= 0.3 is 6.36 Å². The lowest BCUT2D eigenvalue weighted by molar-refractivity contribution is -0.274. The summed E-state index contributed by atoms with van der Waals surface area (Å²) in [6.07, 6.45) is -5.18. The molecule has 0 aliphatic carbocycles. The molecule has 0 N–H and O–H groups in total. The van der Waals surface area contributed by atoms with E-state index in [0.29, 0.717) is 29.1 Å². The van der Waals surface area contributed by atoms with Crippen LogP contribution in [0.2, 0.25) is 0 Å². The standard InChI is InChI=1S/C23H28F3N3O5/c1-14(2)29-11-19(32-13-17-5-7-18(8-6-17)33-23(24,25)26)10-28(12-22(29)31)21(30)9-20-15(3)27-34-16(20)4/h5-8,14,19H,9-13H2,1-4H3/t19-/m1/s1. The quantitative estimate of drug-likeness (QED) is 0.600. The van der Waals surface area contributed by atoms with Crippen molar-refractivity contribution in [2.45, 2.75) is 59.2 Å². The first-order valence-electron chi connectivity index (χ1n) is 10.9. The van der Waals surface area contributed by atoms with E-state index in [1.807, 2.05) is 13.8 Å². The van der Waals surface area contributed by atoms with Crippen molar-refractivity contribution in [1.29, 1.82) is 0 Å². The molecule has 1 aromatic heterocycles. The number of carbonyl (C=O) groups is 2. The van der Waals surface area contributed by atoms with E-state index in [1.54, 1.807) is 18.7 Å². The number of ether oxygens (including phenoxy) is 2. The van der Waals surface area contributed by atoms with E-state index in [0.717, 1.165) is 0 Å². The van der Waals surface area contributed by atoms with Gasteiger partial charge in [-0.2, -0.15) is 0 Å². The van der Waals surface area contributed by atoms with Gasteiger partial charge in [-0.1, -0.05) is 17.3 Å². The third-order valence-electron chi connectivity index (χ3n) is 5.60. The van der Waals surface area contributed by atoms with Gasteiger partial charge in [0.2, 0.25) is 11.8 Å². The van der Waals surface area contributed by atoms with Gasteiger partial charge in [-0.3, -0.25) is 9.59 Å². The van der Waals surface area contributed by atoms with E-state index < -0.39 is 12.5 Å². The van der Waals surface area contributed by atoms with Crippen LogP contribution in [0.25, 0.3) is 0 Å². The number of hydrogen-bond acceptors (Lipinski definition) is 6. The van der Waals surface area contributed by atoms with Crippen molar-refractivity contribution in [1.82, 2.24) is 15.0 Å². The van der Waals surface area contributed by atoms with Crippen molar-refractivity contribution in [3.05, 3.63) is 46.8 Å². The highest BCUT2D eigenvalue weighted by molar-refractivity contribution is 5.86. The van der Waals surface area contributed by atoms with Gasteiger partial charge in [0.25, 0.3) is 0 Å². The molecule has 1 aromatic carbocycles. The average molecular weight is 483 g/mol. The Balaban J connectivity index is 1.69. The summed E-state index contributed by atoms with van der Waals surface area (Å²) in [5.41, 5.74) is 1.96. The number of alkyl halides is 3. The highest BCUT2D eigenvalue weighted by atomic mass is 19.4. The largest absolute Gasteiger partial charge is 0.573 e. The van der Waals surface area contributed by atoms with Crippen LogP contribution < -0.4 is 4.74 Å². The Labute approximate surface area is 195 Å². The van der Waals surface area contributed by atoms with E-state index in [1.165, 1.54) is 29.2 Å². The van der Waals surface area contributed by atoms with Crippen LogP contribution in [0.4, 0.5) is 13.2 Å². The van der Waals surface area contributed by atoms with E-state index in [-0.39, 0.29) is 49.7 Å². The zero-order valence-corrected chi connectivity index (χ0v) is 19.5. The molecule has 34 heavy (non-hydrogen) atoms. The summed E-state index contributed by atoms with van der Waals surface area (Å²) in [5, 5.41) is 3.87. The maximum Gasteiger partial charge on any atom is 0.573 e. The molecule has 0 bridgehead atoms. The summed E-state index contributed by atoms with van der Waals surface area (Å²) in [7, 11) is 0. The van der Waals surface area contributed by atoms with Crippen molar-refractivity contribution in [2.24, 2.45) is 0 Å². The first-order chi connectivity index (χ1) is 15.9. The van der Waals surface area contributed by atoms with Crippen molar-refractivity contribution < 1.29 is 36.8 Å². The first-order valence-corrected chi connectivity index (χ1v) is 10.9. The Bertz CT molecular complexity index is 985. The number of carbonyl (C=O) groups excluding carboxylic acids is 2. The molecule has 1 aliphatic heterocycles.